The number of hydrogen-bond acceptors (Lipinski definition) is 21. The number of esters is 5. The standard InChI is InChI=1S/C14H26N2O3.C13H24N2O3.C13H23NO4.C12H21NO4.C10H17NO3.CO2/c1-4-5-9-19-14(18)12-10-13(17)16(11-12)8-6-7-15(2)3;1-4-5-8-18-13(17)11-9-12(16)15(10-11)7-6-14(2)3;1-3-4-8-18-13(16)11-9-12(15)14(10-11)6-5-7-17-2;1-3-4-5-17-12(16)10-6-11(15)13(8-10)7-9(2)14;1-3-4-5-14-10(13)8-6-9(12)11(2)7-8;2-1-3/h12H,4-11H2,1-3H3;11H,4-10H2,1-3H3;11H,3-10H2,1-2H3;9-10,14H,3-8H2,1-2H3;8H,3-7H2,1-2H3;. The van der Waals surface area contributed by atoms with Gasteiger partial charge < -0.3 is 67.8 Å². The number of likely N-dealkylation sites (tertiary alicyclic amines) is 5. The molecular formula is C63H111N7O19. The van der Waals surface area contributed by atoms with Crippen LogP contribution >= 0.6 is 0 Å². The van der Waals surface area contributed by atoms with Crippen molar-refractivity contribution in [3.8, 4) is 0 Å². The number of ether oxygens (including phenoxy) is 6. The van der Waals surface area contributed by atoms with Crippen LogP contribution in [0, 0.1) is 29.6 Å². The molecule has 0 radical (unpaired) electrons. The van der Waals surface area contributed by atoms with Crippen molar-refractivity contribution in [2.45, 2.75) is 157 Å². The second kappa shape index (κ2) is 49.7. The Morgan fingerprint density at radius 2 is 0.730 bits per heavy atom. The Morgan fingerprint density at radius 1 is 0.449 bits per heavy atom. The molecule has 5 amide bonds. The highest BCUT2D eigenvalue weighted by atomic mass is 16.5. The molecule has 0 aromatic heterocycles. The van der Waals surface area contributed by atoms with Crippen molar-refractivity contribution in [1.82, 2.24) is 34.3 Å². The van der Waals surface area contributed by atoms with E-state index in [1.54, 1.807) is 40.7 Å². The van der Waals surface area contributed by atoms with Crippen LogP contribution in [0.4, 0.5) is 0 Å². The van der Waals surface area contributed by atoms with Crippen molar-refractivity contribution in [3.63, 3.8) is 0 Å². The Morgan fingerprint density at radius 3 is 1.01 bits per heavy atom. The third-order valence-corrected chi connectivity index (χ3v) is 14.7. The molecule has 0 spiro atoms. The average molecular weight is 1270 g/mol. The fraction of sp³-hybridized carbons (Fsp3) is 0.825. The Labute approximate surface area is 529 Å². The van der Waals surface area contributed by atoms with Crippen LogP contribution in [0.15, 0.2) is 0 Å². The molecule has 6 unspecified atom stereocenters. The molecule has 26 nitrogen and oxygen atoms in total. The Balaban J connectivity index is 0.00000108. The summed E-state index contributed by atoms with van der Waals surface area (Å²) in [7, 11) is 11.3. The quantitative estimate of drug-likeness (QED) is 0.0554. The molecule has 5 fully saturated rings. The normalized spacial score (nSPS) is 19.6. The lowest BCUT2D eigenvalue weighted by Crippen LogP contribution is -2.33. The van der Waals surface area contributed by atoms with E-state index in [1.807, 2.05) is 53.9 Å². The molecule has 0 aromatic carbocycles. The molecule has 5 aliphatic rings. The van der Waals surface area contributed by atoms with Gasteiger partial charge in [0.2, 0.25) is 29.5 Å². The molecule has 0 aliphatic carbocycles. The van der Waals surface area contributed by atoms with Gasteiger partial charge in [0.25, 0.3) is 0 Å². The number of carbonyl (C=O) groups is 10. The summed E-state index contributed by atoms with van der Waals surface area (Å²) in [5.41, 5.74) is 0. The van der Waals surface area contributed by atoms with Crippen LogP contribution in [0.3, 0.4) is 0 Å². The van der Waals surface area contributed by atoms with Crippen molar-refractivity contribution >= 4 is 65.5 Å². The van der Waals surface area contributed by atoms with Crippen molar-refractivity contribution in [3.05, 3.63) is 0 Å². The van der Waals surface area contributed by atoms with Gasteiger partial charge in [-0.1, -0.05) is 66.7 Å². The molecule has 5 heterocycles. The summed E-state index contributed by atoms with van der Waals surface area (Å²) in [6.45, 7) is 21.3. The number of hydrogen-bond donors (Lipinski definition) is 1. The highest BCUT2D eigenvalue weighted by molar-refractivity contribution is 5.89. The van der Waals surface area contributed by atoms with E-state index in [1.165, 1.54) is 4.90 Å². The van der Waals surface area contributed by atoms with Crippen molar-refractivity contribution < 1.29 is 91.1 Å². The highest BCUT2D eigenvalue weighted by Crippen LogP contribution is 2.23. The van der Waals surface area contributed by atoms with Crippen molar-refractivity contribution in [2.24, 2.45) is 29.6 Å². The number of β-amino-alcohol motifs (C(OH)–C–C–N with tert-alkyl or cyclic N) is 1. The SMILES string of the molecule is CCCCOC(=O)C1CC(=O)N(C)C1.CCCCOC(=O)C1CC(=O)N(CC(C)O)C1.CCCCOC(=O)C1CC(=O)N(CCCN(C)C)C1.CCCCOC(=O)C1CC(=O)N(CCCOC)C1.CCCCOC(=O)C1CC(=O)N(CCN(C)C)C1.O=C=O. The fourth-order valence-corrected chi connectivity index (χ4v) is 9.36. The third kappa shape index (κ3) is 37.0. The lowest BCUT2D eigenvalue weighted by molar-refractivity contribution is -0.192. The predicted molar refractivity (Wildman–Crippen MR) is 329 cm³/mol. The first-order valence-corrected chi connectivity index (χ1v) is 32.0. The van der Waals surface area contributed by atoms with E-state index >= 15 is 0 Å². The molecule has 5 saturated heterocycles. The fourth-order valence-electron chi connectivity index (χ4n) is 9.36. The van der Waals surface area contributed by atoms with Gasteiger partial charge in [0.15, 0.2) is 0 Å². The predicted octanol–water partition coefficient (Wildman–Crippen LogP) is 3.87. The van der Waals surface area contributed by atoms with Crippen LogP contribution in [-0.4, -0.2) is 265 Å². The van der Waals surface area contributed by atoms with Gasteiger partial charge >= 0.3 is 36.0 Å². The number of nitrogens with zero attached hydrogens (tertiary/aromatic N) is 7. The zero-order valence-electron chi connectivity index (χ0n) is 55.9. The van der Waals surface area contributed by atoms with Crippen molar-refractivity contribution in [1.29, 1.82) is 0 Å². The molecule has 1 N–H and O–H groups in total. The minimum atomic E-state index is -0.561. The molecule has 5 rings (SSSR count). The number of aliphatic hydroxyl groups excluding tert-OH is 1. The molecule has 5 aliphatic heterocycles. The maximum atomic E-state index is 11.8. The largest absolute Gasteiger partial charge is 0.465 e. The van der Waals surface area contributed by atoms with Crippen LogP contribution in [0.25, 0.3) is 0 Å². The van der Waals surface area contributed by atoms with E-state index in [0.717, 1.165) is 96.7 Å². The van der Waals surface area contributed by atoms with Crippen LogP contribution in [0.5, 0.6) is 0 Å². The second-order valence-corrected chi connectivity index (χ2v) is 23.4. The number of aliphatic hydroxyl groups is 1. The minimum absolute atomic E-state index is 0.0300. The summed E-state index contributed by atoms with van der Waals surface area (Å²) in [5, 5.41) is 9.22. The molecule has 26 heteroatoms. The highest BCUT2D eigenvalue weighted by Gasteiger charge is 2.39. The van der Waals surface area contributed by atoms with E-state index in [4.69, 9.17) is 38.0 Å². The molecule has 89 heavy (non-hydrogen) atoms. The second-order valence-electron chi connectivity index (χ2n) is 23.4. The van der Waals surface area contributed by atoms with Gasteiger partial charge in [-0.15, -0.1) is 0 Å². The summed E-state index contributed by atoms with van der Waals surface area (Å²) >= 11 is 0. The Kier molecular flexibility index (Phi) is 46.3. The number of rotatable bonds is 33. The minimum Gasteiger partial charge on any atom is -0.465 e. The van der Waals surface area contributed by atoms with Gasteiger partial charge in [0.1, 0.15) is 0 Å². The monoisotopic (exact) mass is 1270 g/mol. The van der Waals surface area contributed by atoms with Gasteiger partial charge in [0.05, 0.1) is 68.7 Å². The smallest absolute Gasteiger partial charge is 0.373 e. The topological polar surface area (TPSA) is 303 Å². The molecule has 0 bridgehead atoms. The average Bonchev–Trinajstić information content (AvgIpc) is 4.55. The van der Waals surface area contributed by atoms with Crippen LogP contribution in [0.1, 0.15) is 151 Å². The molecule has 0 aromatic rings. The molecule has 0 saturated carbocycles. The lowest BCUT2D eigenvalue weighted by atomic mass is 10.1. The zero-order valence-corrected chi connectivity index (χ0v) is 55.9. The van der Waals surface area contributed by atoms with Gasteiger partial charge in [-0.3, -0.25) is 47.9 Å². The van der Waals surface area contributed by atoms with E-state index in [-0.39, 0.29) is 115 Å². The lowest BCUT2D eigenvalue weighted by Gasteiger charge is -2.18. The van der Waals surface area contributed by atoms with Crippen LogP contribution in [0.2, 0.25) is 0 Å². The Bertz CT molecular complexity index is 2130. The molecule has 512 valence electrons. The maximum absolute atomic E-state index is 11.8. The van der Waals surface area contributed by atoms with E-state index < -0.39 is 6.10 Å². The first-order valence-electron chi connectivity index (χ1n) is 32.0. The van der Waals surface area contributed by atoms with Crippen LogP contribution in [-0.2, 0) is 86.0 Å². The summed E-state index contributed by atoms with van der Waals surface area (Å²) in [5.74, 6) is -2.46. The van der Waals surface area contributed by atoms with E-state index in [2.05, 4.69) is 18.7 Å². The number of unbranched alkanes of at least 4 members (excludes halogenated alkanes) is 5. The van der Waals surface area contributed by atoms with Gasteiger partial charge in [-0.2, -0.15) is 9.59 Å². The van der Waals surface area contributed by atoms with Gasteiger partial charge in [-0.25, -0.2) is 0 Å². The first-order chi connectivity index (χ1) is 42.4. The van der Waals surface area contributed by atoms with Crippen molar-refractivity contribution in [2.75, 3.05) is 154 Å². The Hall–Kier alpha value is -6.08. The number of carbonyl (C=O) groups excluding carboxylic acids is 12. The summed E-state index contributed by atoms with van der Waals surface area (Å²) in [6.07, 6.45) is 12.2. The van der Waals surface area contributed by atoms with Gasteiger partial charge in [-0.05, 0) is 86.6 Å². The maximum Gasteiger partial charge on any atom is 0.373 e. The van der Waals surface area contributed by atoms with Gasteiger partial charge in [0, 0.05) is 118 Å². The summed E-state index contributed by atoms with van der Waals surface area (Å²) in [4.78, 5) is 145. The van der Waals surface area contributed by atoms with E-state index in [9.17, 15) is 53.1 Å². The van der Waals surface area contributed by atoms with Crippen LogP contribution < -0.4 is 0 Å². The number of methoxy groups -OCH3 is 1. The van der Waals surface area contributed by atoms with E-state index in [0.29, 0.717) is 105 Å². The summed E-state index contributed by atoms with van der Waals surface area (Å²) < 4.78 is 30.6. The molecular weight excluding hydrogens is 1160 g/mol. The number of likely N-dealkylation sites (N-methyl/N-ethyl adjacent to an activating group) is 1. The third-order valence-electron chi connectivity index (χ3n) is 14.7. The molecule has 6 atom stereocenters. The zero-order chi connectivity index (χ0) is 67.3. The summed E-state index contributed by atoms with van der Waals surface area (Å²) in [6, 6.07) is 0. The first kappa shape index (κ1) is 82.9. The number of amides is 5.